The molecule has 0 radical (unpaired) electrons. The molecule has 82 valence electrons. The standard InChI is InChI=1S/C9H16FNO2S/c1-8(2)7(5-14(8,12)13)11-6-9(10)3-4-9/h7,11H,3-6H2,1-2H3/t7-/m0/s1. The van der Waals surface area contributed by atoms with Crippen molar-refractivity contribution in [2.24, 2.45) is 0 Å². The van der Waals surface area contributed by atoms with Crippen LogP contribution in [0.2, 0.25) is 0 Å². The summed E-state index contributed by atoms with van der Waals surface area (Å²) in [6.07, 6.45) is 1.22. The second-order valence-electron chi connectivity index (χ2n) is 4.97. The average molecular weight is 221 g/mol. The first-order valence-electron chi connectivity index (χ1n) is 4.91. The van der Waals surface area contributed by atoms with Gasteiger partial charge in [-0.15, -0.1) is 0 Å². The van der Waals surface area contributed by atoms with Gasteiger partial charge >= 0.3 is 0 Å². The highest BCUT2D eigenvalue weighted by molar-refractivity contribution is 7.94. The predicted molar refractivity (Wildman–Crippen MR) is 52.7 cm³/mol. The molecule has 2 fully saturated rings. The van der Waals surface area contributed by atoms with Gasteiger partial charge in [0.05, 0.1) is 10.5 Å². The molecule has 0 spiro atoms. The van der Waals surface area contributed by atoms with Crippen LogP contribution in [0.3, 0.4) is 0 Å². The van der Waals surface area contributed by atoms with Crippen molar-refractivity contribution in [3.05, 3.63) is 0 Å². The van der Waals surface area contributed by atoms with E-state index in [1.54, 1.807) is 13.8 Å². The molecule has 1 saturated carbocycles. The van der Waals surface area contributed by atoms with E-state index < -0.39 is 20.3 Å². The van der Waals surface area contributed by atoms with Crippen LogP contribution in [0.5, 0.6) is 0 Å². The predicted octanol–water partition coefficient (Wildman–Crippen LogP) is 0.654. The Morgan fingerprint density at radius 2 is 2.00 bits per heavy atom. The highest BCUT2D eigenvalue weighted by atomic mass is 32.2. The Balaban J connectivity index is 1.90. The summed E-state index contributed by atoms with van der Waals surface area (Å²) in [5.41, 5.74) is -1.05. The first-order valence-corrected chi connectivity index (χ1v) is 6.57. The zero-order valence-corrected chi connectivity index (χ0v) is 9.32. The average Bonchev–Trinajstić information content (AvgIpc) is 2.78. The highest BCUT2D eigenvalue weighted by Gasteiger charge is 2.54. The van der Waals surface area contributed by atoms with Gasteiger partial charge in [-0.25, -0.2) is 12.8 Å². The lowest BCUT2D eigenvalue weighted by atomic mass is 10.0. The van der Waals surface area contributed by atoms with Crippen LogP contribution in [0, 0.1) is 0 Å². The van der Waals surface area contributed by atoms with Crippen molar-refractivity contribution in [3.63, 3.8) is 0 Å². The second kappa shape index (κ2) is 2.70. The number of hydrogen-bond acceptors (Lipinski definition) is 3. The number of hydrogen-bond donors (Lipinski definition) is 1. The summed E-state index contributed by atoms with van der Waals surface area (Å²) in [4.78, 5) is 0. The fourth-order valence-electron chi connectivity index (χ4n) is 1.68. The second-order valence-corrected chi connectivity index (χ2v) is 7.58. The fraction of sp³-hybridized carbons (Fsp3) is 1.00. The number of nitrogens with one attached hydrogen (secondary N) is 1. The van der Waals surface area contributed by atoms with E-state index in [9.17, 15) is 12.8 Å². The molecule has 1 saturated heterocycles. The van der Waals surface area contributed by atoms with Crippen molar-refractivity contribution < 1.29 is 12.8 Å². The molecule has 14 heavy (non-hydrogen) atoms. The lowest BCUT2D eigenvalue weighted by Crippen LogP contribution is -2.66. The van der Waals surface area contributed by atoms with E-state index in [-0.39, 0.29) is 11.8 Å². The fourth-order valence-corrected chi connectivity index (χ4v) is 3.38. The maximum Gasteiger partial charge on any atom is 0.158 e. The molecule has 1 heterocycles. The molecule has 0 unspecified atom stereocenters. The summed E-state index contributed by atoms with van der Waals surface area (Å²) >= 11 is 0. The van der Waals surface area contributed by atoms with E-state index in [1.165, 1.54) is 0 Å². The van der Waals surface area contributed by atoms with Gasteiger partial charge in [-0.3, -0.25) is 0 Å². The summed E-state index contributed by atoms with van der Waals surface area (Å²) in [5.74, 6) is 0.149. The van der Waals surface area contributed by atoms with Gasteiger partial charge < -0.3 is 5.32 Å². The van der Waals surface area contributed by atoms with Crippen molar-refractivity contribution >= 4 is 9.84 Å². The number of alkyl halides is 1. The molecule has 2 aliphatic rings. The quantitative estimate of drug-likeness (QED) is 0.761. The van der Waals surface area contributed by atoms with Crippen LogP contribution in [0.15, 0.2) is 0 Å². The molecule has 1 aliphatic carbocycles. The molecule has 0 aromatic carbocycles. The van der Waals surface area contributed by atoms with E-state index in [4.69, 9.17) is 0 Å². The lowest BCUT2D eigenvalue weighted by Gasteiger charge is -2.44. The van der Waals surface area contributed by atoms with Crippen LogP contribution < -0.4 is 5.32 Å². The van der Waals surface area contributed by atoms with Crippen LogP contribution in [0.25, 0.3) is 0 Å². The van der Waals surface area contributed by atoms with E-state index >= 15 is 0 Å². The Morgan fingerprint density at radius 3 is 2.36 bits per heavy atom. The van der Waals surface area contributed by atoms with Crippen molar-refractivity contribution in [1.82, 2.24) is 5.32 Å². The smallest absolute Gasteiger partial charge is 0.158 e. The van der Waals surface area contributed by atoms with Crippen LogP contribution in [0.1, 0.15) is 26.7 Å². The normalized spacial score (nSPS) is 36.1. The molecule has 1 N–H and O–H groups in total. The first-order chi connectivity index (χ1) is 6.27. The van der Waals surface area contributed by atoms with Gasteiger partial charge in [0, 0.05) is 12.6 Å². The Kier molecular flexibility index (Phi) is 2.00. The van der Waals surface area contributed by atoms with E-state index in [0.717, 1.165) is 0 Å². The van der Waals surface area contributed by atoms with Gasteiger partial charge in [-0.2, -0.15) is 0 Å². The molecule has 0 aromatic rings. The van der Waals surface area contributed by atoms with Gasteiger partial charge in [0.1, 0.15) is 5.67 Å². The number of halogens is 1. The highest BCUT2D eigenvalue weighted by Crippen LogP contribution is 2.40. The Bertz CT molecular complexity index is 346. The summed E-state index contributed by atoms with van der Waals surface area (Å²) in [6, 6.07) is -0.0827. The Labute approximate surface area is 84.0 Å². The third-order valence-electron chi connectivity index (χ3n) is 3.48. The molecule has 2 rings (SSSR count). The topological polar surface area (TPSA) is 46.2 Å². The van der Waals surface area contributed by atoms with Crippen LogP contribution in [-0.4, -0.2) is 37.2 Å². The molecule has 3 nitrogen and oxygen atoms in total. The van der Waals surface area contributed by atoms with Crippen molar-refractivity contribution in [2.45, 2.75) is 43.1 Å². The molecule has 1 aliphatic heterocycles. The van der Waals surface area contributed by atoms with Gasteiger partial charge in [-0.1, -0.05) is 0 Å². The first kappa shape index (κ1) is 10.4. The zero-order chi connectivity index (χ0) is 10.6. The molecular formula is C9H16FNO2S. The van der Waals surface area contributed by atoms with E-state index in [2.05, 4.69) is 5.32 Å². The molecule has 1 atom stereocenters. The minimum Gasteiger partial charge on any atom is -0.308 e. The monoisotopic (exact) mass is 221 g/mol. The molecule has 0 bridgehead atoms. The summed E-state index contributed by atoms with van der Waals surface area (Å²) in [7, 11) is -2.94. The number of rotatable bonds is 3. The van der Waals surface area contributed by atoms with Gasteiger partial charge in [0.15, 0.2) is 9.84 Å². The van der Waals surface area contributed by atoms with Gasteiger partial charge in [0.2, 0.25) is 0 Å². The molecular weight excluding hydrogens is 205 g/mol. The summed E-state index contributed by atoms with van der Waals surface area (Å²) in [6.45, 7) is 3.69. The van der Waals surface area contributed by atoms with Crippen molar-refractivity contribution in [3.8, 4) is 0 Å². The van der Waals surface area contributed by atoms with Crippen molar-refractivity contribution in [1.29, 1.82) is 0 Å². The molecule has 5 heteroatoms. The van der Waals surface area contributed by atoms with Crippen LogP contribution in [-0.2, 0) is 9.84 Å². The maximum absolute atomic E-state index is 13.3. The lowest BCUT2D eigenvalue weighted by molar-refractivity contribution is 0.269. The summed E-state index contributed by atoms with van der Waals surface area (Å²) in [5, 5.41) is 3.01. The third kappa shape index (κ3) is 1.46. The number of sulfone groups is 1. The van der Waals surface area contributed by atoms with Gasteiger partial charge in [0.25, 0.3) is 0 Å². The maximum atomic E-state index is 13.3. The third-order valence-corrected chi connectivity index (χ3v) is 6.14. The van der Waals surface area contributed by atoms with E-state index in [0.29, 0.717) is 19.4 Å². The zero-order valence-electron chi connectivity index (χ0n) is 8.51. The largest absolute Gasteiger partial charge is 0.308 e. The molecule has 0 aromatic heterocycles. The van der Waals surface area contributed by atoms with Crippen molar-refractivity contribution in [2.75, 3.05) is 12.3 Å². The minimum absolute atomic E-state index is 0.0827. The van der Waals surface area contributed by atoms with E-state index in [1.807, 2.05) is 0 Å². The van der Waals surface area contributed by atoms with Crippen LogP contribution in [0.4, 0.5) is 4.39 Å². The molecule has 0 amide bonds. The Morgan fingerprint density at radius 1 is 1.43 bits per heavy atom. The Hall–Kier alpha value is -0.160. The van der Waals surface area contributed by atoms with Crippen LogP contribution >= 0.6 is 0 Å². The van der Waals surface area contributed by atoms with Gasteiger partial charge in [-0.05, 0) is 26.7 Å². The SMILES string of the molecule is CC1(C)[C@@H](NCC2(F)CC2)CS1(=O)=O. The summed E-state index contributed by atoms with van der Waals surface area (Å²) < 4.78 is 35.2. The minimum atomic E-state index is -2.94.